The van der Waals surface area contributed by atoms with Crippen molar-refractivity contribution in [3.63, 3.8) is 0 Å². The molecule has 0 saturated heterocycles. The summed E-state index contributed by atoms with van der Waals surface area (Å²) in [5, 5.41) is 13.9. The van der Waals surface area contributed by atoms with E-state index in [0.717, 1.165) is 10.6 Å². The SMILES string of the molecule is N/C(=N\[N+](=O)O)N(CCc1ccccc1)N=O. The molecule has 0 atom stereocenters. The third-order valence-electron chi connectivity index (χ3n) is 2.01. The van der Waals surface area contributed by atoms with E-state index in [2.05, 4.69) is 10.4 Å². The normalized spacial score (nSPS) is 10.9. The molecule has 0 amide bonds. The van der Waals surface area contributed by atoms with Gasteiger partial charge in [-0.3, -0.25) is 0 Å². The molecule has 17 heavy (non-hydrogen) atoms. The van der Waals surface area contributed by atoms with E-state index in [-0.39, 0.29) is 6.54 Å². The molecule has 0 aromatic heterocycles. The Morgan fingerprint density at radius 1 is 1.41 bits per heavy atom. The van der Waals surface area contributed by atoms with Crippen LogP contribution >= 0.6 is 0 Å². The fourth-order valence-electron chi connectivity index (χ4n) is 1.22. The van der Waals surface area contributed by atoms with Gasteiger partial charge < -0.3 is 5.73 Å². The highest BCUT2D eigenvalue weighted by atomic mass is 16.7. The highest BCUT2D eigenvalue weighted by Crippen LogP contribution is 2.01. The summed E-state index contributed by atoms with van der Waals surface area (Å²) in [6.45, 7) is 0.163. The van der Waals surface area contributed by atoms with Crippen molar-refractivity contribution in [2.24, 2.45) is 16.1 Å². The molecule has 3 N–H and O–H groups in total. The molecule has 1 rings (SSSR count). The number of benzene rings is 1. The molecular weight excluding hydrogens is 226 g/mol. The van der Waals surface area contributed by atoms with Crippen LogP contribution in [0.4, 0.5) is 0 Å². The van der Waals surface area contributed by atoms with Gasteiger partial charge in [0.1, 0.15) is 10.0 Å². The zero-order valence-electron chi connectivity index (χ0n) is 8.93. The van der Waals surface area contributed by atoms with Crippen molar-refractivity contribution >= 4 is 5.96 Å². The number of rotatable bonds is 5. The average molecular weight is 238 g/mol. The van der Waals surface area contributed by atoms with Crippen LogP contribution in [-0.4, -0.2) is 27.8 Å². The summed E-state index contributed by atoms with van der Waals surface area (Å²) in [6, 6.07) is 9.35. The highest BCUT2D eigenvalue weighted by Gasteiger charge is 2.14. The fourth-order valence-corrected chi connectivity index (χ4v) is 1.22. The summed E-state index contributed by atoms with van der Waals surface area (Å²) in [5.74, 6) is -0.464. The van der Waals surface area contributed by atoms with Gasteiger partial charge in [-0.1, -0.05) is 30.3 Å². The Morgan fingerprint density at radius 2 is 2.06 bits per heavy atom. The van der Waals surface area contributed by atoms with Gasteiger partial charge in [-0.25, -0.2) is 5.21 Å². The zero-order chi connectivity index (χ0) is 12.7. The molecule has 0 heterocycles. The molecule has 8 heteroatoms. The summed E-state index contributed by atoms with van der Waals surface area (Å²) in [4.78, 5) is 20.6. The highest BCUT2D eigenvalue weighted by molar-refractivity contribution is 5.76. The van der Waals surface area contributed by atoms with Crippen LogP contribution in [0, 0.1) is 9.81 Å². The molecule has 0 fully saturated rings. The third kappa shape index (κ3) is 4.24. The van der Waals surface area contributed by atoms with E-state index >= 15 is 0 Å². The lowest BCUT2D eigenvalue weighted by molar-refractivity contribution is -0.796. The van der Waals surface area contributed by atoms with Crippen molar-refractivity contribution in [3.05, 3.63) is 45.7 Å². The molecule has 0 aliphatic rings. The first kappa shape index (κ1) is 12.6. The van der Waals surface area contributed by atoms with Crippen LogP contribution in [-0.2, 0) is 6.42 Å². The Hall–Kier alpha value is -2.51. The van der Waals surface area contributed by atoms with Crippen molar-refractivity contribution in [1.29, 1.82) is 0 Å². The summed E-state index contributed by atoms with van der Waals surface area (Å²) >= 11 is 0. The summed E-state index contributed by atoms with van der Waals surface area (Å²) in [6.07, 6.45) is 0.507. The molecule has 0 saturated carbocycles. The standard InChI is InChI=1S/C9H12N5O3/c10-9(11-14(16)17)13(12-15)7-6-8-4-2-1-3-5-8/h1-5H,6-7H2,(H2,10,11)(H,16,17)/q+1. The van der Waals surface area contributed by atoms with E-state index in [4.69, 9.17) is 10.9 Å². The Labute approximate surface area is 96.8 Å². The topological polar surface area (TPSA) is 111 Å². The van der Waals surface area contributed by atoms with Crippen molar-refractivity contribution in [3.8, 4) is 0 Å². The van der Waals surface area contributed by atoms with E-state index in [1.165, 1.54) is 0 Å². The number of guanidine groups is 1. The van der Waals surface area contributed by atoms with Gasteiger partial charge in [-0.15, -0.1) is 4.91 Å². The Bertz CT molecular complexity index is 420. The molecule has 1 aromatic rings. The molecule has 0 bridgehead atoms. The number of hydrogen-bond donors (Lipinski definition) is 2. The largest absolute Gasteiger partial charge is 0.391 e. The smallest absolute Gasteiger partial charge is 0.363 e. The van der Waals surface area contributed by atoms with Gasteiger partial charge in [0.15, 0.2) is 0 Å². The zero-order valence-corrected chi connectivity index (χ0v) is 8.93. The molecule has 0 radical (unpaired) electrons. The molecule has 0 aliphatic carbocycles. The van der Waals surface area contributed by atoms with Gasteiger partial charge in [0.2, 0.25) is 0 Å². The molecule has 90 valence electrons. The van der Waals surface area contributed by atoms with Gasteiger partial charge >= 0.3 is 5.03 Å². The third-order valence-corrected chi connectivity index (χ3v) is 2.01. The molecule has 0 spiro atoms. The number of nitroso groups, excluding NO2 is 1. The van der Waals surface area contributed by atoms with Crippen LogP contribution in [0.3, 0.4) is 0 Å². The van der Waals surface area contributed by atoms with Crippen LogP contribution in [0.25, 0.3) is 0 Å². The van der Waals surface area contributed by atoms with E-state index < -0.39 is 11.0 Å². The second-order valence-corrected chi connectivity index (χ2v) is 3.15. The predicted octanol–water partition coefficient (Wildman–Crippen LogP) is 0.610. The van der Waals surface area contributed by atoms with Crippen molar-refractivity contribution < 1.29 is 10.2 Å². The lowest BCUT2D eigenvalue weighted by Gasteiger charge is -2.10. The van der Waals surface area contributed by atoms with Crippen LogP contribution in [0.5, 0.6) is 0 Å². The quantitative estimate of drug-likeness (QED) is 0.338. The van der Waals surface area contributed by atoms with Gasteiger partial charge in [0, 0.05) is 0 Å². The van der Waals surface area contributed by atoms with Gasteiger partial charge in [0.25, 0.3) is 5.96 Å². The summed E-state index contributed by atoms with van der Waals surface area (Å²) in [5.41, 5.74) is 6.26. The van der Waals surface area contributed by atoms with Gasteiger partial charge in [-0.05, 0) is 12.0 Å². The number of hydrazone groups is 1. The molecule has 1 aromatic carbocycles. The molecule has 0 unspecified atom stereocenters. The minimum absolute atomic E-state index is 0.163. The predicted molar refractivity (Wildman–Crippen MR) is 59.7 cm³/mol. The number of nitrogens with zero attached hydrogens (tertiary/aromatic N) is 4. The number of hydrogen-bond acceptors (Lipinski definition) is 3. The second kappa shape index (κ2) is 6.16. The van der Waals surface area contributed by atoms with Crippen molar-refractivity contribution in [1.82, 2.24) is 5.01 Å². The lowest BCUT2D eigenvalue weighted by atomic mass is 10.1. The van der Waals surface area contributed by atoms with E-state index in [0.29, 0.717) is 6.42 Å². The monoisotopic (exact) mass is 238 g/mol. The van der Waals surface area contributed by atoms with E-state index in [1.54, 1.807) is 0 Å². The van der Waals surface area contributed by atoms with Crippen molar-refractivity contribution in [2.45, 2.75) is 6.42 Å². The van der Waals surface area contributed by atoms with Crippen molar-refractivity contribution in [2.75, 3.05) is 6.54 Å². The molecule has 8 nitrogen and oxygen atoms in total. The number of nitrogens with two attached hydrogens (primary N) is 1. The Balaban J connectivity index is 2.59. The minimum Gasteiger partial charge on any atom is -0.363 e. The first-order valence-electron chi connectivity index (χ1n) is 4.78. The minimum atomic E-state index is -0.726. The van der Waals surface area contributed by atoms with Crippen LogP contribution in [0.2, 0.25) is 0 Å². The van der Waals surface area contributed by atoms with E-state index in [1.807, 2.05) is 30.3 Å². The van der Waals surface area contributed by atoms with Crippen LogP contribution < -0.4 is 5.73 Å². The Kier molecular flexibility index (Phi) is 4.55. The molecule has 0 aliphatic heterocycles. The second-order valence-electron chi connectivity index (χ2n) is 3.15. The summed E-state index contributed by atoms with van der Waals surface area (Å²) < 4.78 is 0. The van der Waals surface area contributed by atoms with Gasteiger partial charge in [-0.2, -0.15) is 5.01 Å². The van der Waals surface area contributed by atoms with Crippen LogP contribution in [0.15, 0.2) is 40.7 Å². The van der Waals surface area contributed by atoms with Gasteiger partial charge in [0.05, 0.1) is 11.8 Å². The maximum absolute atomic E-state index is 10.5. The first-order valence-corrected chi connectivity index (χ1v) is 4.78. The summed E-state index contributed by atoms with van der Waals surface area (Å²) in [7, 11) is 0. The lowest BCUT2D eigenvalue weighted by Crippen LogP contribution is -2.35. The maximum Gasteiger partial charge on any atom is 0.391 e. The molecular formula is C9H12N5O3+. The van der Waals surface area contributed by atoms with E-state index in [9.17, 15) is 9.81 Å². The van der Waals surface area contributed by atoms with Crippen LogP contribution in [0.1, 0.15) is 5.56 Å². The fraction of sp³-hybridized carbons (Fsp3) is 0.222. The first-order chi connectivity index (χ1) is 8.13. The Morgan fingerprint density at radius 3 is 2.59 bits per heavy atom. The maximum atomic E-state index is 10.5. The average Bonchev–Trinajstić information content (AvgIpc) is 2.30.